The second-order valence-electron chi connectivity index (χ2n) is 8.51. The number of aromatic nitrogens is 3. The van der Waals surface area contributed by atoms with Crippen LogP contribution in [0.15, 0.2) is 59.9 Å². The standard InChI is InChI=1S/C25H22ClN5O4S/c1-36(33,34)24-21(5-2-8-28-24)31(25(32)18-11-17-4-3-9-35-23(17)29-13-18)14-15-6-7-16-12-19(26)22(27)30-20(16)10-15/h2,5-8,10-13H,3-4,9,14H2,1H3,(H2,27,30). The van der Waals surface area contributed by atoms with Crippen LogP contribution in [-0.4, -0.2) is 42.1 Å². The van der Waals surface area contributed by atoms with Crippen LogP contribution >= 0.6 is 11.6 Å². The third-order valence-electron chi connectivity index (χ3n) is 5.84. The highest BCUT2D eigenvalue weighted by molar-refractivity contribution is 7.90. The zero-order valence-electron chi connectivity index (χ0n) is 19.3. The summed E-state index contributed by atoms with van der Waals surface area (Å²) in [6.07, 6.45) is 5.46. The first kappa shape index (κ1) is 24.0. The molecule has 9 nitrogen and oxygen atoms in total. The topological polar surface area (TPSA) is 128 Å². The maximum Gasteiger partial charge on any atom is 0.260 e. The highest BCUT2D eigenvalue weighted by atomic mass is 35.5. The zero-order valence-corrected chi connectivity index (χ0v) is 20.9. The second kappa shape index (κ2) is 9.36. The lowest BCUT2D eigenvalue weighted by Crippen LogP contribution is -2.32. The maximum atomic E-state index is 13.8. The van der Waals surface area contributed by atoms with Gasteiger partial charge in [0.1, 0.15) is 5.82 Å². The molecule has 36 heavy (non-hydrogen) atoms. The molecule has 11 heteroatoms. The molecule has 0 atom stereocenters. The minimum atomic E-state index is -3.73. The smallest absolute Gasteiger partial charge is 0.260 e. The van der Waals surface area contributed by atoms with E-state index in [2.05, 4.69) is 15.0 Å². The lowest BCUT2D eigenvalue weighted by atomic mass is 10.1. The van der Waals surface area contributed by atoms with Gasteiger partial charge in [0.15, 0.2) is 14.9 Å². The van der Waals surface area contributed by atoms with E-state index in [1.807, 2.05) is 12.1 Å². The van der Waals surface area contributed by atoms with Gasteiger partial charge < -0.3 is 15.4 Å². The second-order valence-corrected chi connectivity index (χ2v) is 10.9. The van der Waals surface area contributed by atoms with Crippen molar-refractivity contribution in [3.63, 3.8) is 0 Å². The van der Waals surface area contributed by atoms with Crippen LogP contribution in [0.1, 0.15) is 27.9 Å². The van der Waals surface area contributed by atoms with Crippen LogP contribution in [0.4, 0.5) is 11.5 Å². The quantitative estimate of drug-likeness (QED) is 0.418. The van der Waals surface area contributed by atoms with E-state index in [9.17, 15) is 13.2 Å². The fourth-order valence-electron chi connectivity index (χ4n) is 4.13. The SMILES string of the molecule is CS(=O)(=O)c1ncccc1N(Cc1ccc2cc(Cl)c(N)nc2c1)C(=O)c1cnc2c(c1)CCCO2. The lowest BCUT2D eigenvalue weighted by molar-refractivity contribution is 0.0984. The number of anilines is 2. The van der Waals surface area contributed by atoms with Crippen molar-refractivity contribution in [1.29, 1.82) is 0 Å². The number of fused-ring (bicyclic) bond motifs is 2. The van der Waals surface area contributed by atoms with Crippen LogP contribution in [0.3, 0.4) is 0 Å². The van der Waals surface area contributed by atoms with E-state index in [0.717, 1.165) is 30.0 Å². The Morgan fingerprint density at radius 1 is 1.19 bits per heavy atom. The molecule has 4 aromatic rings. The fourth-order valence-corrected chi connectivity index (χ4v) is 5.10. The Labute approximate surface area is 212 Å². The highest BCUT2D eigenvalue weighted by Crippen LogP contribution is 2.30. The van der Waals surface area contributed by atoms with E-state index in [4.69, 9.17) is 22.1 Å². The van der Waals surface area contributed by atoms with Gasteiger partial charge in [0.25, 0.3) is 5.91 Å². The Bertz CT molecular complexity index is 1610. The van der Waals surface area contributed by atoms with Crippen LogP contribution in [-0.2, 0) is 22.8 Å². The highest BCUT2D eigenvalue weighted by Gasteiger charge is 2.27. The molecule has 4 heterocycles. The number of ether oxygens (including phenoxy) is 1. The van der Waals surface area contributed by atoms with E-state index < -0.39 is 15.7 Å². The Balaban J connectivity index is 1.61. The summed E-state index contributed by atoms with van der Waals surface area (Å²) < 4.78 is 30.6. The lowest BCUT2D eigenvalue weighted by Gasteiger charge is -2.25. The van der Waals surface area contributed by atoms with Crippen LogP contribution in [0.2, 0.25) is 5.02 Å². The molecule has 1 amide bonds. The van der Waals surface area contributed by atoms with Gasteiger partial charge in [-0.1, -0.05) is 23.7 Å². The van der Waals surface area contributed by atoms with Gasteiger partial charge in [-0.15, -0.1) is 0 Å². The summed E-state index contributed by atoms with van der Waals surface area (Å²) in [6.45, 7) is 0.638. The fraction of sp³-hybridized carbons (Fsp3) is 0.200. The number of carbonyl (C=O) groups excluding carboxylic acids is 1. The molecule has 0 aliphatic carbocycles. The minimum absolute atomic E-state index is 0.0563. The van der Waals surface area contributed by atoms with Crippen LogP contribution in [0.5, 0.6) is 5.88 Å². The van der Waals surface area contributed by atoms with Crippen LogP contribution in [0.25, 0.3) is 10.9 Å². The van der Waals surface area contributed by atoms with Crippen molar-refractivity contribution >= 4 is 49.8 Å². The maximum absolute atomic E-state index is 13.8. The predicted octanol–water partition coefficient (Wildman–Crippen LogP) is 3.84. The largest absolute Gasteiger partial charge is 0.477 e. The molecule has 0 unspecified atom stereocenters. The molecule has 0 saturated carbocycles. The molecule has 184 valence electrons. The van der Waals surface area contributed by atoms with Crippen molar-refractivity contribution in [1.82, 2.24) is 15.0 Å². The molecule has 0 saturated heterocycles. The van der Waals surface area contributed by atoms with Gasteiger partial charge in [0.2, 0.25) is 5.88 Å². The molecule has 0 radical (unpaired) electrons. The van der Waals surface area contributed by atoms with Crippen molar-refractivity contribution in [2.75, 3.05) is 23.5 Å². The number of halogens is 1. The summed E-state index contributed by atoms with van der Waals surface area (Å²) >= 11 is 6.09. The third kappa shape index (κ3) is 4.69. The van der Waals surface area contributed by atoms with E-state index >= 15 is 0 Å². The van der Waals surface area contributed by atoms with Gasteiger partial charge in [-0.3, -0.25) is 4.79 Å². The first-order valence-electron chi connectivity index (χ1n) is 11.1. The van der Waals surface area contributed by atoms with Crippen LogP contribution < -0.4 is 15.4 Å². The predicted molar refractivity (Wildman–Crippen MR) is 137 cm³/mol. The van der Waals surface area contributed by atoms with Crippen molar-refractivity contribution in [3.8, 4) is 5.88 Å². The van der Waals surface area contributed by atoms with Gasteiger partial charge in [0, 0.05) is 29.6 Å². The minimum Gasteiger partial charge on any atom is -0.477 e. The Hall–Kier alpha value is -3.76. The monoisotopic (exact) mass is 523 g/mol. The Kier molecular flexibility index (Phi) is 6.23. The van der Waals surface area contributed by atoms with Crippen molar-refractivity contribution in [2.45, 2.75) is 24.4 Å². The summed E-state index contributed by atoms with van der Waals surface area (Å²) in [4.78, 5) is 27.9. The van der Waals surface area contributed by atoms with E-state index in [1.165, 1.54) is 17.3 Å². The van der Waals surface area contributed by atoms with Gasteiger partial charge in [-0.2, -0.15) is 0 Å². The van der Waals surface area contributed by atoms with Crippen molar-refractivity contribution in [2.24, 2.45) is 0 Å². The number of nitrogens with zero attached hydrogens (tertiary/aromatic N) is 4. The van der Waals surface area contributed by atoms with E-state index in [0.29, 0.717) is 34.2 Å². The number of rotatable bonds is 5. The Morgan fingerprint density at radius 3 is 2.83 bits per heavy atom. The molecule has 0 spiro atoms. The summed E-state index contributed by atoms with van der Waals surface area (Å²) in [5.41, 5.74) is 8.51. The summed E-state index contributed by atoms with van der Waals surface area (Å²) in [5, 5.41) is 0.944. The first-order valence-corrected chi connectivity index (χ1v) is 13.4. The number of pyridine rings is 3. The average molecular weight is 524 g/mol. The molecule has 0 fully saturated rings. The number of benzene rings is 1. The molecule has 3 aromatic heterocycles. The molecule has 1 aliphatic rings. The van der Waals surface area contributed by atoms with Crippen molar-refractivity contribution in [3.05, 3.63) is 76.6 Å². The number of nitrogens with two attached hydrogens (primary N) is 1. The van der Waals surface area contributed by atoms with Gasteiger partial charge in [0.05, 0.1) is 34.9 Å². The zero-order chi connectivity index (χ0) is 25.4. The number of hydrogen-bond acceptors (Lipinski definition) is 8. The number of nitrogen functional groups attached to an aromatic ring is 1. The number of carbonyl (C=O) groups is 1. The molecule has 1 aliphatic heterocycles. The number of aryl methyl sites for hydroxylation is 1. The van der Waals surface area contributed by atoms with Crippen molar-refractivity contribution < 1.29 is 17.9 Å². The van der Waals surface area contributed by atoms with Gasteiger partial charge in [-0.05, 0) is 48.7 Å². The van der Waals surface area contributed by atoms with Crippen LogP contribution in [0, 0.1) is 0 Å². The molecule has 2 N–H and O–H groups in total. The molecular formula is C25H22ClN5O4S. The molecule has 0 bridgehead atoms. The normalized spacial score (nSPS) is 13.2. The third-order valence-corrected chi connectivity index (χ3v) is 7.16. The molecule has 1 aromatic carbocycles. The van der Waals surface area contributed by atoms with Gasteiger partial charge in [-0.25, -0.2) is 23.4 Å². The average Bonchev–Trinajstić information content (AvgIpc) is 2.87. The van der Waals surface area contributed by atoms with E-state index in [1.54, 1.807) is 30.3 Å². The first-order chi connectivity index (χ1) is 17.2. The molecule has 5 rings (SSSR count). The Morgan fingerprint density at radius 2 is 2.03 bits per heavy atom. The number of sulfone groups is 1. The van der Waals surface area contributed by atoms with E-state index in [-0.39, 0.29) is 23.1 Å². The molecular weight excluding hydrogens is 502 g/mol. The summed E-state index contributed by atoms with van der Waals surface area (Å²) in [7, 11) is -3.73. The number of amides is 1. The summed E-state index contributed by atoms with van der Waals surface area (Å²) in [6, 6.07) is 12.1. The number of hydrogen-bond donors (Lipinski definition) is 1. The van der Waals surface area contributed by atoms with Gasteiger partial charge >= 0.3 is 0 Å². The summed E-state index contributed by atoms with van der Waals surface area (Å²) in [5.74, 6) is 0.292.